The van der Waals surface area contributed by atoms with E-state index in [1.54, 1.807) is 32.0 Å². The number of carbonyl (C=O) groups excluding carboxylic acids is 1. The predicted molar refractivity (Wildman–Crippen MR) is 120 cm³/mol. The number of fused-ring (bicyclic) bond motifs is 1. The van der Waals surface area contributed by atoms with Crippen LogP contribution in [0.25, 0.3) is 22.4 Å². The lowest BCUT2D eigenvalue weighted by Gasteiger charge is -2.11. The lowest BCUT2D eigenvalue weighted by molar-refractivity contribution is -0.116. The predicted octanol–water partition coefficient (Wildman–Crippen LogP) is 4.12. The molecule has 7 nitrogen and oxygen atoms in total. The number of anilines is 1. The lowest BCUT2D eigenvalue weighted by atomic mass is 9.99. The number of H-pyrrole nitrogens is 2. The first kappa shape index (κ1) is 21.0. The average Bonchev–Trinajstić information content (AvgIpc) is 3.17. The number of amides is 1. The molecule has 0 radical (unpaired) electrons. The fraction of sp³-hybridized carbons (Fsp3) is 0.167. The van der Waals surface area contributed by atoms with Crippen molar-refractivity contribution in [3.05, 3.63) is 81.0 Å². The van der Waals surface area contributed by atoms with Gasteiger partial charge in [-0.25, -0.2) is 9.37 Å². The number of hydrogen-bond acceptors (Lipinski definition) is 4. The van der Waals surface area contributed by atoms with Crippen LogP contribution in [-0.2, 0) is 11.2 Å². The molecule has 4 aromatic rings. The number of nitrogens with one attached hydrogen (secondary N) is 3. The standard InChI is InChI=1S/C24H20FN5O2/c1-13-18(14(2)27-24(32)19(13)12-26)8-10-22(31)28-17-6-3-15(4-7-17)23-29-20-9-5-16(25)11-21(20)30-23/h3-7,9,11H,8,10H2,1-2H3,(H,27,32)(H,28,31)(H,29,30). The molecule has 0 saturated carbocycles. The largest absolute Gasteiger partial charge is 0.338 e. The Morgan fingerprint density at radius 1 is 1.16 bits per heavy atom. The summed E-state index contributed by atoms with van der Waals surface area (Å²) in [5.74, 6) is 0.100. The Bertz CT molecular complexity index is 1430. The molecule has 1 amide bonds. The van der Waals surface area contributed by atoms with Crippen LogP contribution < -0.4 is 10.9 Å². The van der Waals surface area contributed by atoms with Gasteiger partial charge in [-0.1, -0.05) is 0 Å². The number of rotatable bonds is 5. The maximum absolute atomic E-state index is 13.4. The molecule has 32 heavy (non-hydrogen) atoms. The summed E-state index contributed by atoms with van der Waals surface area (Å²) in [7, 11) is 0. The van der Waals surface area contributed by atoms with E-state index in [0.29, 0.717) is 40.2 Å². The van der Waals surface area contributed by atoms with Gasteiger partial charge in [-0.3, -0.25) is 9.59 Å². The normalized spacial score (nSPS) is 10.8. The van der Waals surface area contributed by atoms with Gasteiger partial charge in [-0.15, -0.1) is 0 Å². The van der Waals surface area contributed by atoms with Gasteiger partial charge in [0.05, 0.1) is 11.0 Å². The molecule has 0 aliphatic rings. The van der Waals surface area contributed by atoms with Gasteiger partial charge in [-0.2, -0.15) is 5.26 Å². The summed E-state index contributed by atoms with van der Waals surface area (Å²) in [4.78, 5) is 34.5. The molecule has 0 atom stereocenters. The second-order valence-electron chi connectivity index (χ2n) is 7.54. The summed E-state index contributed by atoms with van der Waals surface area (Å²) in [6.45, 7) is 3.48. The molecule has 0 bridgehead atoms. The molecule has 0 aliphatic heterocycles. The third-order valence-corrected chi connectivity index (χ3v) is 5.41. The Morgan fingerprint density at radius 3 is 2.62 bits per heavy atom. The van der Waals surface area contributed by atoms with E-state index in [1.165, 1.54) is 12.1 Å². The highest BCUT2D eigenvalue weighted by Crippen LogP contribution is 2.23. The molecule has 3 N–H and O–H groups in total. The molecule has 2 aromatic heterocycles. The maximum atomic E-state index is 13.4. The molecule has 2 heterocycles. The van der Waals surface area contributed by atoms with E-state index in [1.807, 2.05) is 18.2 Å². The molecule has 2 aromatic carbocycles. The van der Waals surface area contributed by atoms with Crippen molar-refractivity contribution >= 4 is 22.6 Å². The van der Waals surface area contributed by atoms with Crippen LogP contribution in [0.2, 0.25) is 0 Å². The molecular formula is C24H20FN5O2. The van der Waals surface area contributed by atoms with Crippen molar-refractivity contribution in [3.63, 3.8) is 0 Å². The van der Waals surface area contributed by atoms with Crippen LogP contribution in [-0.4, -0.2) is 20.9 Å². The van der Waals surface area contributed by atoms with Crippen LogP contribution in [0.1, 0.15) is 28.8 Å². The quantitative estimate of drug-likeness (QED) is 0.443. The van der Waals surface area contributed by atoms with Crippen molar-refractivity contribution in [2.45, 2.75) is 26.7 Å². The number of nitriles is 1. The number of aromatic amines is 2. The minimum Gasteiger partial charge on any atom is -0.338 e. The number of halogens is 1. The first-order valence-corrected chi connectivity index (χ1v) is 10.0. The van der Waals surface area contributed by atoms with Crippen LogP contribution >= 0.6 is 0 Å². The van der Waals surface area contributed by atoms with Gasteiger partial charge in [0.25, 0.3) is 5.56 Å². The molecule has 0 fully saturated rings. The Hall–Kier alpha value is -4.25. The zero-order valence-electron chi connectivity index (χ0n) is 17.5. The van der Waals surface area contributed by atoms with E-state index in [-0.39, 0.29) is 23.7 Å². The average molecular weight is 429 g/mol. The Kier molecular flexibility index (Phi) is 5.56. The van der Waals surface area contributed by atoms with Crippen molar-refractivity contribution in [3.8, 4) is 17.5 Å². The van der Waals surface area contributed by atoms with Gasteiger partial charge in [-0.05, 0) is 73.9 Å². The Labute approximate surface area is 182 Å². The molecular weight excluding hydrogens is 409 g/mol. The van der Waals surface area contributed by atoms with Crippen molar-refractivity contribution in [2.75, 3.05) is 5.32 Å². The topological polar surface area (TPSA) is 114 Å². The van der Waals surface area contributed by atoms with E-state index < -0.39 is 5.56 Å². The van der Waals surface area contributed by atoms with Gasteiger partial charge in [0.1, 0.15) is 23.3 Å². The molecule has 0 aliphatic carbocycles. The lowest BCUT2D eigenvalue weighted by Crippen LogP contribution is -2.18. The monoisotopic (exact) mass is 429 g/mol. The number of pyridine rings is 1. The SMILES string of the molecule is Cc1[nH]c(=O)c(C#N)c(C)c1CCC(=O)Nc1ccc(-c2nc3ccc(F)cc3[nH]2)cc1. The van der Waals surface area contributed by atoms with Crippen LogP contribution in [0, 0.1) is 31.0 Å². The first-order chi connectivity index (χ1) is 15.4. The number of carbonyl (C=O) groups is 1. The summed E-state index contributed by atoms with van der Waals surface area (Å²) in [5.41, 5.74) is 4.46. The Morgan fingerprint density at radius 2 is 1.91 bits per heavy atom. The summed E-state index contributed by atoms with van der Waals surface area (Å²) >= 11 is 0. The molecule has 4 rings (SSSR count). The zero-order valence-corrected chi connectivity index (χ0v) is 17.5. The summed E-state index contributed by atoms with van der Waals surface area (Å²) in [6, 6.07) is 13.5. The summed E-state index contributed by atoms with van der Waals surface area (Å²) in [5, 5.41) is 12.0. The minimum atomic E-state index is -0.412. The van der Waals surface area contributed by atoms with E-state index in [0.717, 1.165) is 11.1 Å². The zero-order chi connectivity index (χ0) is 22.8. The van der Waals surface area contributed by atoms with Gasteiger partial charge in [0, 0.05) is 23.4 Å². The number of aryl methyl sites for hydroxylation is 1. The van der Waals surface area contributed by atoms with Crippen LogP contribution in [0.3, 0.4) is 0 Å². The van der Waals surface area contributed by atoms with Gasteiger partial charge < -0.3 is 15.3 Å². The molecule has 0 spiro atoms. The highest BCUT2D eigenvalue weighted by Gasteiger charge is 2.14. The first-order valence-electron chi connectivity index (χ1n) is 10.0. The summed E-state index contributed by atoms with van der Waals surface area (Å²) in [6.07, 6.45) is 0.609. The number of nitrogens with zero attached hydrogens (tertiary/aromatic N) is 2. The van der Waals surface area contributed by atoms with Crippen LogP contribution in [0.4, 0.5) is 10.1 Å². The van der Waals surface area contributed by atoms with Crippen molar-refractivity contribution in [2.24, 2.45) is 0 Å². The van der Waals surface area contributed by atoms with Crippen LogP contribution in [0.5, 0.6) is 0 Å². The highest BCUT2D eigenvalue weighted by molar-refractivity contribution is 5.91. The molecule has 0 saturated heterocycles. The Balaban J connectivity index is 1.43. The van der Waals surface area contributed by atoms with E-state index in [9.17, 15) is 19.2 Å². The fourth-order valence-electron chi connectivity index (χ4n) is 3.71. The summed E-state index contributed by atoms with van der Waals surface area (Å²) < 4.78 is 13.4. The molecule has 0 unspecified atom stereocenters. The minimum absolute atomic E-state index is 0.0786. The van der Waals surface area contributed by atoms with E-state index >= 15 is 0 Å². The van der Waals surface area contributed by atoms with E-state index in [2.05, 4.69) is 20.3 Å². The van der Waals surface area contributed by atoms with Crippen molar-refractivity contribution in [1.82, 2.24) is 15.0 Å². The number of imidazole rings is 1. The second-order valence-corrected chi connectivity index (χ2v) is 7.54. The molecule has 160 valence electrons. The highest BCUT2D eigenvalue weighted by atomic mass is 19.1. The third-order valence-electron chi connectivity index (χ3n) is 5.41. The van der Waals surface area contributed by atoms with Crippen molar-refractivity contribution in [1.29, 1.82) is 5.26 Å². The number of benzene rings is 2. The van der Waals surface area contributed by atoms with Crippen LogP contribution in [0.15, 0.2) is 47.3 Å². The van der Waals surface area contributed by atoms with Gasteiger partial charge in [0.2, 0.25) is 5.91 Å². The maximum Gasteiger partial charge on any atom is 0.266 e. The van der Waals surface area contributed by atoms with E-state index in [4.69, 9.17) is 0 Å². The number of hydrogen-bond donors (Lipinski definition) is 3. The second kappa shape index (κ2) is 8.47. The fourth-order valence-corrected chi connectivity index (χ4v) is 3.71. The van der Waals surface area contributed by atoms with Gasteiger partial charge >= 0.3 is 0 Å². The third kappa shape index (κ3) is 4.14. The van der Waals surface area contributed by atoms with Gasteiger partial charge in [0.15, 0.2) is 0 Å². The smallest absolute Gasteiger partial charge is 0.266 e. The number of aromatic nitrogens is 3. The molecule has 8 heteroatoms. The van der Waals surface area contributed by atoms with Crippen molar-refractivity contribution < 1.29 is 9.18 Å².